The van der Waals surface area contributed by atoms with Crippen LogP contribution in [0, 0.1) is 11.7 Å². The molecule has 0 spiro atoms. The Balaban J connectivity index is 2.32. The van der Waals surface area contributed by atoms with Crippen molar-refractivity contribution in [2.24, 2.45) is 5.92 Å². The van der Waals surface area contributed by atoms with Gasteiger partial charge in [-0.3, -0.25) is 4.79 Å². The molecule has 0 heterocycles. The molecule has 0 bridgehead atoms. The zero-order valence-electron chi connectivity index (χ0n) is 9.53. The second kappa shape index (κ2) is 4.70. The van der Waals surface area contributed by atoms with E-state index in [1.807, 2.05) is 0 Å². The third kappa shape index (κ3) is 2.54. The molecule has 1 N–H and O–H groups in total. The quantitative estimate of drug-likeness (QED) is 0.797. The highest BCUT2D eigenvalue weighted by molar-refractivity contribution is 5.71. The molecular weight excluding hydrogens is 219 g/mol. The van der Waals surface area contributed by atoms with Gasteiger partial charge in [-0.25, -0.2) is 4.39 Å². The van der Waals surface area contributed by atoms with Gasteiger partial charge in [0.1, 0.15) is 5.82 Å². The van der Waals surface area contributed by atoms with Crippen molar-refractivity contribution in [3.63, 3.8) is 0 Å². The molecule has 0 radical (unpaired) electrons. The van der Waals surface area contributed by atoms with Gasteiger partial charge in [0.2, 0.25) is 0 Å². The Morgan fingerprint density at radius 2 is 2.24 bits per heavy atom. The lowest BCUT2D eigenvalue weighted by Crippen LogP contribution is -2.26. The predicted molar refractivity (Wildman–Crippen MR) is 63.3 cm³/mol. The maximum Gasteiger partial charge on any atom is 0.307 e. The maximum absolute atomic E-state index is 13.2. The third-order valence-corrected chi connectivity index (χ3v) is 3.40. The van der Waals surface area contributed by atoms with Crippen molar-refractivity contribution in [1.29, 1.82) is 0 Å². The van der Waals surface area contributed by atoms with Crippen LogP contribution in [0.25, 0.3) is 0 Å². The standard InChI is InChI=1S/C14H15FO2/c1-9-5-6-12(14(16)17)13(7-9)10-3-2-4-11(15)8-10/h2-4,8,12-13H,1,5-7H2,(H,16,17)/t12-,13?/m1/s1. The van der Waals surface area contributed by atoms with Crippen molar-refractivity contribution in [2.75, 3.05) is 0 Å². The topological polar surface area (TPSA) is 37.3 Å². The molecule has 1 aromatic carbocycles. The van der Waals surface area contributed by atoms with Gasteiger partial charge in [-0.2, -0.15) is 0 Å². The first kappa shape index (κ1) is 11.8. The Morgan fingerprint density at radius 1 is 1.47 bits per heavy atom. The third-order valence-electron chi connectivity index (χ3n) is 3.40. The molecule has 1 fully saturated rings. The molecule has 1 saturated carbocycles. The SMILES string of the molecule is C=C1CC[C@@H](C(=O)O)C(c2cccc(F)c2)C1. The van der Waals surface area contributed by atoms with E-state index in [-0.39, 0.29) is 11.7 Å². The average molecular weight is 234 g/mol. The molecule has 0 saturated heterocycles. The number of hydrogen-bond donors (Lipinski definition) is 1. The van der Waals surface area contributed by atoms with Gasteiger partial charge in [0, 0.05) is 5.92 Å². The number of rotatable bonds is 2. The summed E-state index contributed by atoms with van der Waals surface area (Å²) in [7, 11) is 0. The maximum atomic E-state index is 13.2. The van der Waals surface area contributed by atoms with E-state index in [2.05, 4.69) is 6.58 Å². The number of halogens is 1. The van der Waals surface area contributed by atoms with Crippen molar-refractivity contribution < 1.29 is 14.3 Å². The van der Waals surface area contributed by atoms with Crippen LogP contribution in [0.1, 0.15) is 30.7 Å². The molecule has 17 heavy (non-hydrogen) atoms. The van der Waals surface area contributed by atoms with Crippen molar-refractivity contribution in [2.45, 2.75) is 25.2 Å². The minimum absolute atomic E-state index is 0.149. The van der Waals surface area contributed by atoms with E-state index in [1.165, 1.54) is 12.1 Å². The van der Waals surface area contributed by atoms with E-state index in [4.69, 9.17) is 0 Å². The van der Waals surface area contributed by atoms with Gasteiger partial charge < -0.3 is 5.11 Å². The van der Waals surface area contributed by atoms with Crippen LogP contribution in [0.5, 0.6) is 0 Å². The summed E-state index contributed by atoms with van der Waals surface area (Å²) in [5.74, 6) is -1.69. The zero-order valence-corrected chi connectivity index (χ0v) is 9.53. The van der Waals surface area contributed by atoms with Gasteiger partial charge >= 0.3 is 5.97 Å². The first-order valence-corrected chi connectivity index (χ1v) is 5.73. The Kier molecular flexibility index (Phi) is 3.27. The van der Waals surface area contributed by atoms with Crippen LogP contribution in [-0.2, 0) is 4.79 Å². The lowest BCUT2D eigenvalue weighted by Gasteiger charge is -2.30. The summed E-state index contributed by atoms with van der Waals surface area (Å²) in [5, 5.41) is 9.20. The number of aliphatic carboxylic acids is 1. The predicted octanol–water partition coefficient (Wildman–Crippen LogP) is 3.35. The lowest BCUT2D eigenvalue weighted by atomic mass is 9.74. The van der Waals surface area contributed by atoms with Crippen molar-refractivity contribution in [3.8, 4) is 0 Å². The summed E-state index contributed by atoms with van der Waals surface area (Å²) >= 11 is 0. The van der Waals surface area contributed by atoms with Crippen molar-refractivity contribution >= 4 is 5.97 Å². The van der Waals surface area contributed by atoms with E-state index in [9.17, 15) is 14.3 Å². The average Bonchev–Trinajstić information content (AvgIpc) is 2.28. The molecule has 1 unspecified atom stereocenters. The molecule has 0 aromatic heterocycles. The Labute approximate surface area is 99.8 Å². The first-order valence-electron chi connectivity index (χ1n) is 5.73. The summed E-state index contributed by atoms with van der Waals surface area (Å²) in [6, 6.07) is 6.22. The van der Waals surface area contributed by atoms with Gasteiger partial charge in [0.25, 0.3) is 0 Å². The molecule has 2 rings (SSSR count). The molecule has 0 aliphatic heterocycles. The van der Waals surface area contributed by atoms with E-state index in [0.29, 0.717) is 12.8 Å². The number of carboxylic acid groups (broad SMARTS) is 1. The highest BCUT2D eigenvalue weighted by Crippen LogP contribution is 2.40. The summed E-state index contributed by atoms with van der Waals surface area (Å²) in [6.45, 7) is 3.92. The van der Waals surface area contributed by atoms with Gasteiger partial charge in [-0.1, -0.05) is 24.3 Å². The fraction of sp³-hybridized carbons (Fsp3) is 0.357. The summed E-state index contributed by atoms with van der Waals surface area (Å²) in [4.78, 5) is 11.2. The van der Waals surface area contributed by atoms with E-state index in [1.54, 1.807) is 12.1 Å². The number of allylic oxidation sites excluding steroid dienone is 1. The Hall–Kier alpha value is -1.64. The monoisotopic (exact) mass is 234 g/mol. The smallest absolute Gasteiger partial charge is 0.307 e. The second-order valence-electron chi connectivity index (χ2n) is 4.60. The van der Waals surface area contributed by atoms with Crippen LogP contribution in [0.3, 0.4) is 0 Å². The lowest BCUT2D eigenvalue weighted by molar-refractivity contribution is -0.143. The fourth-order valence-electron chi connectivity index (χ4n) is 2.50. The number of carbonyl (C=O) groups is 1. The number of hydrogen-bond acceptors (Lipinski definition) is 1. The molecule has 1 aromatic rings. The number of carboxylic acids is 1. The van der Waals surface area contributed by atoms with E-state index < -0.39 is 11.9 Å². The summed E-state index contributed by atoms with van der Waals surface area (Å²) < 4.78 is 13.2. The van der Waals surface area contributed by atoms with Gasteiger partial charge in [-0.15, -0.1) is 0 Å². The molecule has 2 atom stereocenters. The van der Waals surface area contributed by atoms with E-state index in [0.717, 1.165) is 17.6 Å². The second-order valence-corrected chi connectivity index (χ2v) is 4.60. The minimum atomic E-state index is -0.799. The minimum Gasteiger partial charge on any atom is -0.481 e. The first-order chi connectivity index (χ1) is 8.08. The number of benzene rings is 1. The molecule has 0 amide bonds. The Morgan fingerprint density at radius 3 is 2.88 bits per heavy atom. The summed E-state index contributed by atoms with van der Waals surface area (Å²) in [6.07, 6.45) is 1.98. The van der Waals surface area contributed by atoms with E-state index >= 15 is 0 Å². The summed E-state index contributed by atoms with van der Waals surface area (Å²) in [5.41, 5.74) is 1.81. The Bertz CT molecular complexity index is 453. The molecule has 1 aliphatic rings. The van der Waals surface area contributed by atoms with Crippen LogP contribution in [0.2, 0.25) is 0 Å². The molecule has 1 aliphatic carbocycles. The molecule has 90 valence electrons. The van der Waals surface area contributed by atoms with Gasteiger partial charge in [-0.05, 0) is 37.0 Å². The van der Waals surface area contributed by atoms with Crippen LogP contribution in [0.4, 0.5) is 4.39 Å². The van der Waals surface area contributed by atoms with Gasteiger partial charge in [0.15, 0.2) is 0 Å². The van der Waals surface area contributed by atoms with Gasteiger partial charge in [0.05, 0.1) is 5.92 Å². The van der Waals surface area contributed by atoms with Crippen LogP contribution in [0.15, 0.2) is 36.4 Å². The van der Waals surface area contributed by atoms with Crippen molar-refractivity contribution in [3.05, 3.63) is 47.8 Å². The van der Waals surface area contributed by atoms with Crippen LogP contribution >= 0.6 is 0 Å². The highest BCUT2D eigenvalue weighted by atomic mass is 19.1. The molecule has 3 heteroatoms. The largest absolute Gasteiger partial charge is 0.481 e. The molecular formula is C14H15FO2. The molecule has 2 nitrogen and oxygen atoms in total. The normalized spacial score (nSPS) is 24.6. The fourth-order valence-corrected chi connectivity index (χ4v) is 2.50. The van der Waals surface area contributed by atoms with Crippen LogP contribution < -0.4 is 0 Å². The van der Waals surface area contributed by atoms with Crippen molar-refractivity contribution in [1.82, 2.24) is 0 Å². The van der Waals surface area contributed by atoms with Crippen LogP contribution in [-0.4, -0.2) is 11.1 Å². The zero-order chi connectivity index (χ0) is 12.4. The highest BCUT2D eigenvalue weighted by Gasteiger charge is 2.33.